The minimum absolute atomic E-state index is 0.130. The second-order valence-electron chi connectivity index (χ2n) is 4.48. The van der Waals surface area contributed by atoms with Gasteiger partial charge >= 0.3 is 0 Å². The first kappa shape index (κ1) is 16.6. The molecule has 0 fully saturated rings. The number of hydrogen-bond donors (Lipinski definition) is 2. The molecule has 0 unspecified atom stereocenters. The van der Waals surface area contributed by atoms with Gasteiger partial charge in [-0.15, -0.1) is 0 Å². The highest BCUT2D eigenvalue weighted by Crippen LogP contribution is 2.34. The Balaban J connectivity index is 2.09. The van der Waals surface area contributed by atoms with Crippen LogP contribution in [0.2, 0.25) is 5.02 Å². The van der Waals surface area contributed by atoms with Crippen LogP contribution in [0.25, 0.3) is 0 Å². The minimum atomic E-state index is -0.378. The molecule has 2 aromatic carbocycles. The summed E-state index contributed by atoms with van der Waals surface area (Å²) in [6, 6.07) is 9.75. The number of aromatic hydroxyl groups is 1. The Morgan fingerprint density at radius 2 is 2.04 bits per heavy atom. The number of phenolic OH excluding ortho intramolecular Hbond substituents is 1. The van der Waals surface area contributed by atoms with Gasteiger partial charge in [-0.2, -0.15) is 5.10 Å². The maximum atomic E-state index is 12.0. The first-order chi connectivity index (χ1) is 11.0. The molecule has 0 aliphatic carbocycles. The summed E-state index contributed by atoms with van der Waals surface area (Å²) >= 11 is 5.88. The van der Waals surface area contributed by atoms with Gasteiger partial charge in [0.1, 0.15) is 5.75 Å². The first-order valence-corrected chi connectivity index (χ1v) is 6.97. The summed E-state index contributed by atoms with van der Waals surface area (Å²) in [6.45, 7) is 0. The molecule has 7 heteroatoms. The highest BCUT2D eigenvalue weighted by Gasteiger charge is 2.08. The Morgan fingerprint density at radius 3 is 2.74 bits per heavy atom. The van der Waals surface area contributed by atoms with Crippen LogP contribution in [0.15, 0.2) is 41.5 Å². The Morgan fingerprint density at radius 1 is 1.26 bits per heavy atom. The van der Waals surface area contributed by atoms with Crippen LogP contribution < -0.4 is 14.9 Å². The van der Waals surface area contributed by atoms with E-state index >= 15 is 0 Å². The predicted octanol–water partition coefficient (Wildman–Crippen LogP) is 2.83. The lowest BCUT2D eigenvalue weighted by Gasteiger charge is -2.06. The fourth-order valence-electron chi connectivity index (χ4n) is 1.82. The van der Waals surface area contributed by atoms with Crippen molar-refractivity contribution in [2.75, 3.05) is 14.2 Å². The van der Waals surface area contributed by atoms with Gasteiger partial charge in [0.15, 0.2) is 11.5 Å². The average Bonchev–Trinajstić information content (AvgIpc) is 2.57. The van der Waals surface area contributed by atoms with Crippen molar-refractivity contribution in [2.24, 2.45) is 5.10 Å². The molecule has 0 radical (unpaired) electrons. The van der Waals surface area contributed by atoms with E-state index in [9.17, 15) is 9.90 Å². The van der Waals surface area contributed by atoms with Crippen LogP contribution in [-0.2, 0) is 0 Å². The third kappa shape index (κ3) is 4.14. The maximum absolute atomic E-state index is 12.0. The number of halogens is 1. The summed E-state index contributed by atoms with van der Waals surface area (Å²) in [5.74, 6) is 0.276. The monoisotopic (exact) mass is 334 g/mol. The lowest BCUT2D eigenvalue weighted by atomic mass is 10.2. The van der Waals surface area contributed by atoms with Crippen LogP contribution in [-0.4, -0.2) is 31.4 Å². The van der Waals surface area contributed by atoms with E-state index < -0.39 is 0 Å². The van der Waals surface area contributed by atoms with Crippen molar-refractivity contribution in [3.8, 4) is 17.2 Å². The van der Waals surface area contributed by atoms with E-state index in [-0.39, 0.29) is 22.4 Å². The molecule has 23 heavy (non-hydrogen) atoms. The number of nitrogens with zero attached hydrogens (tertiary/aromatic N) is 1. The zero-order valence-corrected chi connectivity index (χ0v) is 13.3. The number of rotatable bonds is 5. The number of phenols is 1. The SMILES string of the molecule is COc1cccc(C(=O)N/N=C/c2cc(Cl)c(O)c(OC)c2)c1. The number of hydrogen-bond acceptors (Lipinski definition) is 5. The summed E-state index contributed by atoms with van der Waals surface area (Å²) in [4.78, 5) is 12.0. The number of carbonyl (C=O) groups is 1. The largest absolute Gasteiger partial charge is 0.503 e. The van der Waals surface area contributed by atoms with E-state index in [1.54, 1.807) is 30.3 Å². The van der Waals surface area contributed by atoms with Crippen molar-refractivity contribution in [2.45, 2.75) is 0 Å². The van der Waals surface area contributed by atoms with Crippen LogP contribution in [0.5, 0.6) is 17.2 Å². The van der Waals surface area contributed by atoms with Crippen LogP contribution in [0.4, 0.5) is 0 Å². The fourth-order valence-corrected chi connectivity index (χ4v) is 2.04. The molecule has 0 atom stereocenters. The third-order valence-electron chi connectivity index (χ3n) is 2.98. The van der Waals surface area contributed by atoms with Crippen molar-refractivity contribution in [1.82, 2.24) is 5.43 Å². The average molecular weight is 335 g/mol. The smallest absolute Gasteiger partial charge is 0.271 e. The number of carbonyl (C=O) groups excluding carboxylic acids is 1. The Bertz CT molecular complexity index is 747. The van der Waals surface area contributed by atoms with Crippen molar-refractivity contribution >= 4 is 23.7 Å². The second kappa shape index (κ2) is 7.51. The van der Waals surface area contributed by atoms with E-state index in [1.807, 2.05) is 0 Å². The molecule has 0 bridgehead atoms. The lowest BCUT2D eigenvalue weighted by Crippen LogP contribution is -2.17. The number of hydrazone groups is 1. The topological polar surface area (TPSA) is 80.2 Å². The lowest BCUT2D eigenvalue weighted by molar-refractivity contribution is 0.0955. The zero-order chi connectivity index (χ0) is 16.8. The van der Waals surface area contributed by atoms with Gasteiger partial charge in [-0.1, -0.05) is 17.7 Å². The van der Waals surface area contributed by atoms with Gasteiger partial charge in [0.25, 0.3) is 5.91 Å². The number of benzene rings is 2. The van der Waals surface area contributed by atoms with Crippen molar-refractivity contribution in [1.29, 1.82) is 0 Å². The molecule has 0 heterocycles. The Kier molecular flexibility index (Phi) is 5.43. The number of ether oxygens (including phenoxy) is 2. The van der Waals surface area contributed by atoms with E-state index in [0.29, 0.717) is 16.9 Å². The van der Waals surface area contributed by atoms with Crippen molar-refractivity contribution in [3.63, 3.8) is 0 Å². The van der Waals surface area contributed by atoms with Gasteiger partial charge in [-0.05, 0) is 35.9 Å². The zero-order valence-electron chi connectivity index (χ0n) is 12.5. The molecule has 0 spiro atoms. The Labute approximate surface area is 138 Å². The van der Waals surface area contributed by atoms with Crippen molar-refractivity contribution in [3.05, 3.63) is 52.5 Å². The van der Waals surface area contributed by atoms with Gasteiger partial charge in [-0.25, -0.2) is 5.43 Å². The van der Waals surface area contributed by atoms with Gasteiger partial charge in [0.2, 0.25) is 0 Å². The van der Waals surface area contributed by atoms with Gasteiger partial charge in [0, 0.05) is 5.56 Å². The van der Waals surface area contributed by atoms with Gasteiger partial charge in [0.05, 0.1) is 25.5 Å². The van der Waals surface area contributed by atoms with E-state index in [2.05, 4.69) is 10.5 Å². The molecule has 0 aliphatic heterocycles. The summed E-state index contributed by atoms with van der Waals surface area (Å²) in [7, 11) is 2.94. The maximum Gasteiger partial charge on any atom is 0.271 e. The highest BCUT2D eigenvalue weighted by atomic mass is 35.5. The molecule has 2 rings (SSSR count). The molecule has 120 valence electrons. The van der Waals surface area contributed by atoms with Crippen LogP contribution in [0.3, 0.4) is 0 Å². The van der Waals surface area contributed by atoms with Gasteiger partial charge < -0.3 is 14.6 Å². The van der Waals surface area contributed by atoms with E-state index in [4.69, 9.17) is 21.1 Å². The molecule has 0 aromatic heterocycles. The van der Waals surface area contributed by atoms with Crippen LogP contribution in [0, 0.1) is 0 Å². The molecular weight excluding hydrogens is 320 g/mol. The second-order valence-corrected chi connectivity index (χ2v) is 4.89. The molecule has 2 aromatic rings. The molecule has 0 saturated heterocycles. The summed E-state index contributed by atoms with van der Waals surface area (Å²) in [5, 5.41) is 13.6. The molecule has 0 saturated carbocycles. The first-order valence-electron chi connectivity index (χ1n) is 6.59. The molecule has 1 amide bonds. The van der Waals surface area contributed by atoms with E-state index in [1.165, 1.54) is 26.5 Å². The quantitative estimate of drug-likeness (QED) is 0.651. The highest BCUT2D eigenvalue weighted by molar-refractivity contribution is 6.32. The Hall–Kier alpha value is -2.73. The number of amides is 1. The summed E-state index contributed by atoms with van der Waals surface area (Å²) < 4.78 is 10.0. The van der Waals surface area contributed by atoms with Crippen LogP contribution >= 0.6 is 11.6 Å². The normalized spacial score (nSPS) is 10.6. The fraction of sp³-hybridized carbons (Fsp3) is 0.125. The predicted molar refractivity (Wildman–Crippen MR) is 87.7 cm³/mol. The van der Waals surface area contributed by atoms with Crippen molar-refractivity contribution < 1.29 is 19.4 Å². The third-order valence-corrected chi connectivity index (χ3v) is 3.27. The number of methoxy groups -OCH3 is 2. The van der Waals surface area contributed by atoms with E-state index in [0.717, 1.165) is 0 Å². The standard InChI is InChI=1S/C16H15ClN2O4/c1-22-12-5-3-4-11(8-12)16(21)19-18-9-10-6-13(17)15(20)14(7-10)23-2/h3-9,20H,1-2H3,(H,19,21)/b18-9+. The summed E-state index contributed by atoms with van der Waals surface area (Å²) in [6.07, 6.45) is 1.39. The number of nitrogens with one attached hydrogen (secondary N) is 1. The van der Waals surface area contributed by atoms with Gasteiger partial charge in [-0.3, -0.25) is 4.79 Å². The molecule has 0 aliphatic rings. The molecular formula is C16H15ClN2O4. The molecule has 2 N–H and O–H groups in total. The minimum Gasteiger partial charge on any atom is -0.503 e. The van der Waals surface area contributed by atoms with Crippen LogP contribution in [0.1, 0.15) is 15.9 Å². The summed E-state index contributed by atoms with van der Waals surface area (Å²) in [5.41, 5.74) is 3.38. The molecule has 6 nitrogen and oxygen atoms in total.